The number of aliphatic hydroxyl groups is 1. The van der Waals surface area contributed by atoms with Crippen molar-refractivity contribution in [2.24, 2.45) is 17.8 Å². The van der Waals surface area contributed by atoms with Crippen LogP contribution in [0.5, 0.6) is 0 Å². The van der Waals surface area contributed by atoms with Gasteiger partial charge in [-0.25, -0.2) is 4.98 Å². The quantitative estimate of drug-likeness (QED) is 0.882. The number of nitrogens with zero attached hydrogens (tertiary/aromatic N) is 1. The molecule has 0 spiro atoms. The zero-order valence-electron chi connectivity index (χ0n) is 12.8. The molecule has 2 aliphatic rings. The molecule has 0 aliphatic heterocycles. The number of aromatic nitrogens is 1. The highest BCUT2D eigenvalue weighted by molar-refractivity contribution is 7.13. The molecule has 2 aromatic rings. The lowest BCUT2D eigenvalue weighted by Gasteiger charge is -2.30. The van der Waals surface area contributed by atoms with Crippen LogP contribution in [0.4, 0.5) is 0 Å². The minimum atomic E-state index is 0.00467. The van der Waals surface area contributed by atoms with E-state index >= 15 is 0 Å². The van der Waals surface area contributed by atoms with Gasteiger partial charge in [0.1, 0.15) is 11.3 Å². The molecule has 2 fully saturated rings. The number of aliphatic hydroxyl groups excluding tert-OH is 1. The molecule has 0 aromatic carbocycles. The Morgan fingerprint density at radius 2 is 2.30 bits per heavy atom. The fourth-order valence-corrected chi connectivity index (χ4v) is 5.01. The zero-order chi connectivity index (χ0) is 15.8. The number of furan rings is 1. The SMILES string of the molecule is O=C(Cc1csc(-c2ccoc2)n1)NC1C2CCC(C2)C1CO. The van der Waals surface area contributed by atoms with Crippen LogP contribution in [0, 0.1) is 17.8 Å². The van der Waals surface area contributed by atoms with Gasteiger partial charge < -0.3 is 14.8 Å². The van der Waals surface area contributed by atoms with Crippen molar-refractivity contribution in [3.05, 3.63) is 29.7 Å². The van der Waals surface area contributed by atoms with Crippen LogP contribution in [-0.4, -0.2) is 28.6 Å². The van der Waals surface area contributed by atoms with Gasteiger partial charge >= 0.3 is 0 Å². The highest BCUT2D eigenvalue weighted by atomic mass is 32.1. The molecule has 5 nitrogen and oxygen atoms in total. The summed E-state index contributed by atoms with van der Waals surface area (Å²) in [5.74, 6) is 1.36. The molecule has 0 saturated heterocycles. The van der Waals surface area contributed by atoms with Crippen LogP contribution >= 0.6 is 11.3 Å². The molecule has 4 atom stereocenters. The summed E-state index contributed by atoms with van der Waals surface area (Å²) in [4.78, 5) is 16.9. The van der Waals surface area contributed by atoms with Crippen LogP contribution in [0.15, 0.2) is 28.4 Å². The number of carbonyl (C=O) groups is 1. The normalized spacial score (nSPS) is 29.1. The van der Waals surface area contributed by atoms with Gasteiger partial charge in [0.25, 0.3) is 0 Å². The number of amides is 1. The minimum Gasteiger partial charge on any atom is -0.472 e. The van der Waals surface area contributed by atoms with Crippen molar-refractivity contribution in [3.8, 4) is 10.6 Å². The van der Waals surface area contributed by atoms with Crippen LogP contribution in [0.1, 0.15) is 25.0 Å². The van der Waals surface area contributed by atoms with E-state index in [2.05, 4.69) is 10.3 Å². The predicted octanol–water partition coefficient (Wildman–Crippen LogP) is 2.47. The second-order valence-corrected chi connectivity index (χ2v) is 7.46. The molecule has 4 unspecified atom stereocenters. The Bertz CT molecular complexity index is 682. The first-order valence-corrected chi connectivity index (χ1v) is 8.99. The maximum atomic E-state index is 12.4. The molecule has 0 radical (unpaired) electrons. The predicted molar refractivity (Wildman–Crippen MR) is 86.9 cm³/mol. The number of hydrogen-bond acceptors (Lipinski definition) is 5. The van der Waals surface area contributed by atoms with Crippen LogP contribution in [0.2, 0.25) is 0 Å². The minimum absolute atomic E-state index is 0.00467. The van der Waals surface area contributed by atoms with Crippen LogP contribution < -0.4 is 5.32 Å². The third kappa shape index (κ3) is 2.81. The molecule has 2 aliphatic carbocycles. The number of hydrogen-bond donors (Lipinski definition) is 2. The van der Waals surface area contributed by atoms with Gasteiger partial charge in [-0.15, -0.1) is 11.3 Å². The number of carbonyl (C=O) groups excluding carboxylic acids is 1. The number of nitrogens with one attached hydrogen (secondary N) is 1. The molecule has 6 heteroatoms. The van der Waals surface area contributed by atoms with Crippen LogP contribution in [0.3, 0.4) is 0 Å². The second kappa shape index (κ2) is 6.09. The molecule has 1 amide bonds. The van der Waals surface area contributed by atoms with Gasteiger partial charge in [0.2, 0.25) is 5.91 Å². The first kappa shape index (κ1) is 14.9. The molecule has 2 aromatic heterocycles. The lowest BCUT2D eigenvalue weighted by Crippen LogP contribution is -2.45. The fourth-order valence-electron chi connectivity index (χ4n) is 4.21. The lowest BCUT2D eigenvalue weighted by atomic mass is 9.85. The van der Waals surface area contributed by atoms with Crippen molar-refractivity contribution >= 4 is 17.2 Å². The average molecular weight is 332 g/mol. The Balaban J connectivity index is 1.39. The largest absolute Gasteiger partial charge is 0.472 e. The molecule has 4 rings (SSSR count). The van der Waals surface area contributed by atoms with E-state index in [1.807, 2.05) is 11.4 Å². The Morgan fingerprint density at radius 1 is 1.43 bits per heavy atom. The Kier molecular flexibility index (Phi) is 3.95. The van der Waals surface area contributed by atoms with Gasteiger partial charge in [0, 0.05) is 29.5 Å². The second-order valence-electron chi connectivity index (χ2n) is 6.61. The summed E-state index contributed by atoms with van der Waals surface area (Å²) < 4.78 is 5.06. The van der Waals surface area contributed by atoms with Crippen LogP contribution in [-0.2, 0) is 11.2 Å². The van der Waals surface area contributed by atoms with Crippen molar-refractivity contribution in [2.45, 2.75) is 31.7 Å². The van der Waals surface area contributed by atoms with E-state index in [9.17, 15) is 9.90 Å². The summed E-state index contributed by atoms with van der Waals surface area (Å²) in [6.07, 6.45) is 7.09. The molecule has 2 bridgehead atoms. The molecular formula is C17H20N2O3S. The van der Waals surface area contributed by atoms with Gasteiger partial charge in [-0.3, -0.25) is 4.79 Å². The summed E-state index contributed by atoms with van der Waals surface area (Å²) in [6, 6.07) is 2.00. The Hall–Kier alpha value is -1.66. The van der Waals surface area contributed by atoms with E-state index < -0.39 is 0 Å². The van der Waals surface area contributed by atoms with E-state index in [0.717, 1.165) is 22.7 Å². The standard InChI is InChI=1S/C17H20N2O3S/c20-7-14-10-1-2-11(5-10)16(14)19-15(21)6-13-9-23-17(18-13)12-3-4-22-8-12/h3-4,8-11,14,16,20H,1-2,5-7H2,(H,19,21). The third-order valence-corrected chi connectivity index (χ3v) is 6.23. The van der Waals surface area contributed by atoms with Gasteiger partial charge in [0.05, 0.1) is 18.4 Å². The fraction of sp³-hybridized carbons (Fsp3) is 0.529. The first-order chi connectivity index (χ1) is 11.2. The van der Waals surface area contributed by atoms with Crippen molar-refractivity contribution in [3.63, 3.8) is 0 Å². The zero-order valence-corrected chi connectivity index (χ0v) is 13.6. The highest BCUT2D eigenvalue weighted by Crippen LogP contribution is 2.48. The molecule has 2 N–H and O–H groups in total. The summed E-state index contributed by atoms with van der Waals surface area (Å²) in [5, 5.41) is 15.5. The van der Waals surface area contributed by atoms with Crippen molar-refractivity contribution in [1.82, 2.24) is 10.3 Å². The van der Waals surface area contributed by atoms with E-state index in [1.54, 1.807) is 12.5 Å². The Morgan fingerprint density at radius 3 is 3.09 bits per heavy atom. The average Bonchev–Trinajstić information content (AvgIpc) is 3.31. The number of fused-ring (bicyclic) bond motifs is 2. The molecular weight excluding hydrogens is 312 g/mol. The van der Waals surface area contributed by atoms with Crippen molar-refractivity contribution in [2.75, 3.05) is 6.61 Å². The van der Waals surface area contributed by atoms with E-state index in [0.29, 0.717) is 18.3 Å². The topological polar surface area (TPSA) is 75.4 Å². The molecule has 2 saturated carbocycles. The summed E-state index contributed by atoms with van der Waals surface area (Å²) in [6.45, 7) is 0.174. The number of rotatable bonds is 5. The van der Waals surface area contributed by atoms with Gasteiger partial charge in [-0.05, 0) is 37.2 Å². The summed E-state index contributed by atoms with van der Waals surface area (Å²) in [7, 11) is 0. The van der Waals surface area contributed by atoms with Crippen molar-refractivity contribution in [1.29, 1.82) is 0 Å². The maximum Gasteiger partial charge on any atom is 0.226 e. The van der Waals surface area contributed by atoms with Gasteiger partial charge in [0.15, 0.2) is 0 Å². The smallest absolute Gasteiger partial charge is 0.226 e. The summed E-state index contributed by atoms with van der Waals surface area (Å²) in [5.41, 5.74) is 1.72. The highest BCUT2D eigenvalue weighted by Gasteiger charge is 2.47. The Labute approximate surface area is 138 Å². The van der Waals surface area contributed by atoms with Crippen molar-refractivity contribution < 1.29 is 14.3 Å². The van der Waals surface area contributed by atoms with Crippen LogP contribution in [0.25, 0.3) is 10.6 Å². The monoisotopic (exact) mass is 332 g/mol. The number of thiazole rings is 1. The first-order valence-electron chi connectivity index (χ1n) is 8.12. The molecule has 23 heavy (non-hydrogen) atoms. The maximum absolute atomic E-state index is 12.4. The van der Waals surface area contributed by atoms with E-state index in [-0.39, 0.29) is 24.5 Å². The summed E-state index contributed by atoms with van der Waals surface area (Å²) >= 11 is 1.52. The molecule has 2 heterocycles. The van der Waals surface area contributed by atoms with E-state index in [4.69, 9.17) is 4.42 Å². The van der Waals surface area contributed by atoms with E-state index in [1.165, 1.54) is 24.2 Å². The molecule has 122 valence electrons. The third-order valence-electron chi connectivity index (χ3n) is 5.29. The van der Waals surface area contributed by atoms with Gasteiger partial charge in [-0.2, -0.15) is 0 Å². The van der Waals surface area contributed by atoms with Gasteiger partial charge in [-0.1, -0.05) is 0 Å². The lowest BCUT2D eigenvalue weighted by molar-refractivity contribution is -0.122.